The molecule has 1 unspecified atom stereocenters. The zero-order chi connectivity index (χ0) is 14.0. The van der Waals surface area contributed by atoms with Crippen molar-refractivity contribution in [2.45, 2.75) is 25.2 Å². The zero-order valence-corrected chi connectivity index (χ0v) is 10.8. The maximum atomic E-state index is 12.2. The largest absolute Gasteiger partial charge is 0.481 e. The Morgan fingerprint density at radius 3 is 2.42 bits per heavy atom. The molecule has 1 aliphatic rings. The highest BCUT2D eigenvalue weighted by atomic mass is 16.4. The Balaban J connectivity index is 2.02. The summed E-state index contributed by atoms with van der Waals surface area (Å²) in [6.45, 7) is 1.73. The molecule has 1 atom stereocenters. The summed E-state index contributed by atoms with van der Waals surface area (Å²) in [4.78, 5) is 22.9. The number of nitrogen functional groups attached to an aromatic ring is 1. The van der Waals surface area contributed by atoms with Gasteiger partial charge in [-0.15, -0.1) is 0 Å². The number of hydrogen-bond acceptors (Lipinski definition) is 3. The number of carbonyl (C=O) groups is 2. The van der Waals surface area contributed by atoms with Crippen LogP contribution in [0.3, 0.4) is 0 Å². The minimum atomic E-state index is -0.905. The van der Waals surface area contributed by atoms with Crippen LogP contribution in [0.25, 0.3) is 0 Å². The van der Waals surface area contributed by atoms with Gasteiger partial charge in [-0.25, -0.2) is 0 Å². The van der Waals surface area contributed by atoms with Crippen molar-refractivity contribution in [3.8, 4) is 0 Å². The Morgan fingerprint density at radius 1 is 1.37 bits per heavy atom. The van der Waals surface area contributed by atoms with Gasteiger partial charge in [0.25, 0.3) is 0 Å². The number of aliphatic carboxylic acids is 1. The van der Waals surface area contributed by atoms with Crippen LogP contribution in [0.5, 0.6) is 0 Å². The first-order valence-electron chi connectivity index (χ1n) is 6.33. The summed E-state index contributed by atoms with van der Waals surface area (Å²) in [6.07, 6.45) is 1.59. The van der Waals surface area contributed by atoms with Crippen molar-refractivity contribution in [3.63, 3.8) is 0 Å². The molecule has 2 rings (SSSR count). The van der Waals surface area contributed by atoms with Gasteiger partial charge in [0.2, 0.25) is 5.91 Å². The average Bonchev–Trinajstić information content (AvgIpc) is 3.17. The van der Waals surface area contributed by atoms with Crippen molar-refractivity contribution in [2.75, 3.05) is 12.3 Å². The Kier molecular flexibility index (Phi) is 3.46. The monoisotopic (exact) mass is 262 g/mol. The van der Waals surface area contributed by atoms with E-state index in [-0.39, 0.29) is 12.5 Å². The molecule has 0 saturated heterocycles. The Hall–Kier alpha value is -2.04. The Morgan fingerprint density at radius 2 is 1.95 bits per heavy atom. The van der Waals surface area contributed by atoms with Crippen molar-refractivity contribution >= 4 is 17.6 Å². The van der Waals surface area contributed by atoms with E-state index in [4.69, 9.17) is 10.8 Å². The lowest BCUT2D eigenvalue weighted by Gasteiger charge is -2.17. The second-order valence-electron chi connectivity index (χ2n) is 5.15. The molecule has 5 nitrogen and oxygen atoms in total. The van der Waals surface area contributed by atoms with Crippen LogP contribution < -0.4 is 11.1 Å². The molecule has 19 heavy (non-hydrogen) atoms. The molecule has 102 valence electrons. The topological polar surface area (TPSA) is 92.4 Å². The summed E-state index contributed by atoms with van der Waals surface area (Å²) in [5.41, 5.74) is 6.76. The summed E-state index contributed by atoms with van der Waals surface area (Å²) in [6, 6.07) is 7.29. The molecule has 0 spiro atoms. The highest BCUT2D eigenvalue weighted by Gasteiger charge is 2.51. The van der Waals surface area contributed by atoms with Crippen molar-refractivity contribution in [3.05, 3.63) is 29.8 Å². The van der Waals surface area contributed by atoms with Crippen molar-refractivity contribution in [1.29, 1.82) is 0 Å². The molecular formula is C14H18N2O3. The number of rotatable bonds is 5. The van der Waals surface area contributed by atoms with E-state index in [1.807, 2.05) is 12.1 Å². The Labute approximate surface area is 111 Å². The number of nitrogens with one attached hydrogen (secondary N) is 1. The molecule has 0 aromatic heterocycles. The van der Waals surface area contributed by atoms with Crippen molar-refractivity contribution in [2.24, 2.45) is 5.92 Å². The molecule has 5 heteroatoms. The van der Waals surface area contributed by atoms with Crippen LogP contribution >= 0.6 is 0 Å². The molecule has 1 aromatic carbocycles. The average molecular weight is 262 g/mol. The predicted octanol–water partition coefficient (Wildman–Crippen LogP) is 1.14. The molecule has 0 radical (unpaired) electrons. The maximum absolute atomic E-state index is 12.2. The lowest BCUT2D eigenvalue weighted by Crippen LogP contribution is -2.38. The van der Waals surface area contributed by atoms with E-state index >= 15 is 0 Å². The van der Waals surface area contributed by atoms with Crippen LogP contribution in [0.15, 0.2) is 24.3 Å². The van der Waals surface area contributed by atoms with Crippen LogP contribution in [-0.4, -0.2) is 23.5 Å². The molecule has 0 heterocycles. The summed E-state index contributed by atoms with van der Waals surface area (Å²) in [5.74, 6) is -1.57. The van der Waals surface area contributed by atoms with Gasteiger partial charge in [0.15, 0.2) is 0 Å². The lowest BCUT2D eigenvalue weighted by atomic mass is 9.94. The molecule has 1 saturated carbocycles. The van der Waals surface area contributed by atoms with Crippen LogP contribution in [0, 0.1) is 5.92 Å². The second kappa shape index (κ2) is 4.91. The second-order valence-corrected chi connectivity index (χ2v) is 5.15. The third kappa shape index (κ3) is 2.70. The third-order valence-corrected chi connectivity index (χ3v) is 3.64. The lowest BCUT2D eigenvalue weighted by molar-refractivity contribution is -0.141. The van der Waals surface area contributed by atoms with E-state index in [0.717, 1.165) is 18.4 Å². The number of carboxylic acid groups (broad SMARTS) is 1. The summed E-state index contributed by atoms with van der Waals surface area (Å²) >= 11 is 0. The first-order chi connectivity index (χ1) is 8.95. The molecule has 1 fully saturated rings. The molecular weight excluding hydrogens is 244 g/mol. The number of carbonyl (C=O) groups excluding carboxylic acids is 1. The van der Waals surface area contributed by atoms with Crippen LogP contribution in [0.2, 0.25) is 0 Å². The predicted molar refractivity (Wildman–Crippen MR) is 71.6 cm³/mol. The summed E-state index contributed by atoms with van der Waals surface area (Å²) < 4.78 is 0. The van der Waals surface area contributed by atoms with Gasteiger partial charge >= 0.3 is 5.97 Å². The highest BCUT2D eigenvalue weighted by Crippen LogP contribution is 2.48. The molecule has 0 bridgehead atoms. The van der Waals surface area contributed by atoms with Crippen molar-refractivity contribution < 1.29 is 14.7 Å². The van der Waals surface area contributed by atoms with Gasteiger partial charge in [0, 0.05) is 12.2 Å². The van der Waals surface area contributed by atoms with Crippen LogP contribution in [0.4, 0.5) is 5.69 Å². The third-order valence-electron chi connectivity index (χ3n) is 3.64. The van der Waals surface area contributed by atoms with Gasteiger partial charge in [0.1, 0.15) is 0 Å². The van der Waals surface area contributed by atoms with Gasteiger partial charge in [-0.2, -0.15) is 0 Å². The quantitative estimate of drug-likeness (QED) is 0.694. The SMILES string of the molecule is CC(CNC(=O)C1(c2ccc(N)cc2)CC1)C(=O)O. The number of nitrogens with two attached hydrogens (primary N) is 1. The maximum Gasteiger partial charge on any atom is 0.308 e. The zero-order valence-electron chi connectivity index (χ0n) is 10.8. The normalized spacial score (nSPS) is 17.5. The van der Waals surface area contributed by atoms with Crippen molar-refractivity contribution in [1.82, 2.24) is 5.32 Å². The van der Waals surface area contributed by atoms with Gasteiger partial charge in [-0.05, 0) is 30.5 Å². The minimum absolute atomic E-state index is 0.0922. The first kappa shape index (κ1) is 13.4. The fraction of sp³-hybridized carbons (Fsp3) is 0.429. The number of carboxylic acids is 1. The van der Waals surface area contributed by atoms with E-state index in [1.165, 1.54) is 0 Å². The van der Waals surface area contributed by atoms with Gasteiger partial charge in [-0.3, -0.25) is 9.59 Å². The molecule has 0 aliphatic heterocycles. The first-order valence-corrected chi connectivity index (χ1v) is 6.33. The van der Waals surface area contributed by atoms with E-state index in [9.17, 15) is 9.59 Å². The molecule has 1 aliphatic carbocycles. The van der Waals surface area contributed by atoms with Crippen LogP contribution in [0.1, 0.15) is 25.3 Å². The van der Waals surface area contributed by atoms with Crippen LogP contribution in [-0.2, 0) is 15.0 Å². The molecule has 4 N–H and O–H groups in total. The van der Waals surface area contributed by atoms with Gasteiger partial charge in [-0.1, -0.05) is 19.1 Å². The fourth-order valence-electron chi connectivity index (χ4n) is 2.08. The smallest absolute Gasteiger partial charge is 0.308 e. The summed E-state index contributed by atoms with van der Waals surface area (Å²) in [5, 5.41) is 11.5. The molecule has 1 amide bonds. The number of benzene rings is 1. The van der Waals surface area contributed by atoms with E-state index in [0.29, 0.717) is 5.69 Å². The van der Waals surface area contributed by atoms with E-state index in [2.05, 4.69) is 5.32 Å². The van der Waals surface area contributed by atoms with Gasteiger partial charge < -0.3 is 16.2 Å². The molecule has 1 aromatic rings. The van der Waals surface area contributed by atoms with Gasteiger partial charge in [0.05, 0.1) is 11.3 Å². The fourth-order valence-corrected chi connectivity index (χ4v) is 2.08. The van der Waals surface area contributed by atoms with E-state index < -0.39 is 17.3 Å². The standard InChI is InChI=1S/C14H18N2O3/c1-9(12(17)18)8-16-13(19)14(6-7-14)10-2-4-11(15)5-3-10/h2-5,9H,6-8,15H2,1H3,(H,16,19)(H,17,18). The number of hydrogen-bond donors (Lipinski definition) is 3. The Bertz CT molecular complexity index is 492. The highest BCUT2D eigenvalue weighted by molar-refractivity contribution is 5.91. The van der Waals surface area contributed by atoms with E-state index in [1.54, 1.807) is 19.1 Å². The number of amides is 1. The minimum Gasteiger partial charge on any atom is -0.481 e. The number of anilines is 1. The summed E-state index contributed by atoms with van der Waals surface area (Å²) in [7, 11) is 0.